The fourth-order valence-corrected chi connectivity index (χ4v) is 5.13. The highest BCUT2D eigenvalue weighted by molar-refractivity contribution is 5.23. The number of hydrogen-bond acceptors (Lipinski definition) is 1. The van der Waals surface area contributed by atoms with Gasteiger partial charge in [0.2, 0.25) is 0 Å². The highest BCUT2D eigenvalue weighted by Crippen LogP contribution is 2.61. The molecule has 4 rings (SSSR count). The number of piperidine rings is 1. The predicted molar refractivity (Wildman–Crippen MR) is 57.0 cm³/mol. The van der Waals surface area contributed by atoms with Gasteiger partial charge in [-0.3, -0.25) is 4.90 Å². The monoisotopic (exact) mass is 189 g/mol. The van der Waals surface area contributed by atoms with Crippen molar-refractivity contribution in [2.24, 2.45) is 17.3 Å². The van der Waals surface area contributed by atoms with E-state index in [4.69, 9.17) is 0 Å². The van der Waals surface area contributed by atoms with Gasteiger partial charge in [-0.25, -0.2) is 0 Å². The minimum absolute atomic E-state index is 0.691. The zero-order chi connectivity index (χ0) is 9.34. The van der Waals surface area contributed by atoms with E-state index in [9.17, 15) is 0 Å². The smallest absolute Gasteiger partial charge is 0.0313 e. The van der Waals surface area contributed by atoms with E-state index in [0.717, 1.165) is 23.9 Å². The molecule has 1 aliphatic carbocycles. The molecule has 4 aliphatic rings. The number of nitrogens with zero attached hydrogens (tertiary/aromatic N) is 1. The van der Waals surface area contributed by atoms with Gasteiger partial charge < -0.3 is 0 Å². The molecule has 3 fully saturated rings. The third kappa shape index (κ3) is 0.701. The lowest BCUT2D eigenvalue weighted by Gasteiger charge is -2.46. The van der Waals surface area contributed by atoms with E-state index in [1.807, 2.05) is 0 Å². The first kappa shape index (κ1) is 7.92. The number of rotatable bonds is 0. The van der Waals surface area contributed by atoms with Crippen LogP contribution < -0.4 is 0 Å². The summed E-state index contributed by atoms with van der Waals surface area (Å²) in [5.41, 5.74) is 0.691. The average Bonchev–Trinajstić information content (AvgIpc) is 2.51. The minimum Gasteiger partial charge on any atom is -0.293 e. The van der Waals surface area contributed by atoms with E-state index in [1.54, 1.807) is 0 Å². The second kappa shape index (κ2) is 2.27. The Kier molecular flexibility index (Phi) is 1.28. The van der Waals surface area contributed by atoms with Gasteiger partial charge in [-0.15, -0.1) is 0 Å². The predicted octanol–water partition coefficient (Wildman–Crippen LogP) is 2.44. The van der Waals surface area contributed by atoms with E-state index < -0.39 is 0 Å². The average molecular weight is 189 g/mol. The van der Waals surface area contributed by atoms with Crippen molar-refractivity contribution in [1.29, 1.82) is 0 Å². The Balaban J connectivity index is 1.84. The molecule has 3 aliphatic heterocycles. The Morgan fingerprint density at radius 1 is 1.43 bits per heavy atom. The second-order valence-electron chi connectivity index (χ2n) is 6.13. The molecule has 6 atom stereocenters. The van der Waals surface area contributed by atoms with Crippen LogP contribution in [0.2, 0.25) is 0 Å². The van der Waals surface area contributed by atoms with Crippen LogP contribution in [0.1, 0.15) is 32.6 Å². The standard InChI is InChI=1S/C13H19N/c1-13-7-3-4-9-10-5-2-6-11(12(9)13)14(10)8-13/h2,5,9-12H,3-4,6-8H2,1H3/t9-,10-,11+,12+,13+/m1/s1. The molecule has 1 heteroatoms. The maximum atomic E-state index is 2.83. The van der Waals surface area contributed by atoms with Crippen LogP contribution in [0.4, 0.5) is 0 Å². The zero-order valence-electron chi connectivity index (χ0n) is 8.95. The minimum atomic E-state index is 0.691. The summed E-state index contributed by atoms with van der Waals surface area (Å²) < 4.78 is 0. The topological polar surface area (TPSA) is 3.24 Å². The molecule has 1 unspecified atom stereocenters. The van der Waals surface area contributed by atoms with Crippen molar-refractivity contribution in [1.82, 2.24) is 4.90 Å². The van der Waals surface area contributed by atoms with Crippen LogP contribution in [0.5, 0.6) is 0 Å². The van der Waals surface area contributed by atoms with Crippen LogP contribution in [0, 0.1) is 17.3 Å². The lowest BCUT2D eigenvalue weighted by molar-refractivity contribution is 0.0522. The summed E-state index contributed by atoms with van der Waals surface area (Å²) in [5.74, 6) is 2.06. The lowest BCUT2D eigenvalue weighted by Crippen LogP contribution is -2.46. The van der Waals surface area contributed by atoms with Crippen molar-refractivity contribution >= 4 is 0 Å². The maximum Gasteiger partial charge on any atom is 0.0313 e. The van der Waals surface area contributed by atoms with Crippen LogP contribution in [-0.2, 0) is 0 Å². The first-order chi connectivity index (χ1) is 6.80. The summed E-state index contributed by atoms with van der Waals surface area (Å²) >= 11 is 0. The molecule has 4 bridgehead atoms. The van der Waals surface area contributed by atoms with E-state index in [0.29, 0.717) is 5.41 Å². The Bertz CT molecular complexity index is 308. The summed E-state index contributed by atoms with van der Waals surface area (Å²) in [6.45, 7) is 3.95. The van der Waals surface area contributed by atoms with Gasteiger partial charge in [-0.05, 0) is 36.5 Å². The van der Waals surface area contributed by atoms with Crippen LogP contribution in [0.25, 0.3) is 0 Å². The lowest BCUT2D eigenvalue weighted by atomic mass is 9.61. The molecule has 0 N–H and O–H groups in total. The fourth-order valence-electron chi connectivity index (χ4n) is 5.13. The molecule has 0 aromatic rings. The molecular weight excluding hydrogens is 170 g/mol. The Hall–Kier alpha value is -0.300. The van der Waals surface area contributed by atoms with Gasteiger partial charge in [0.15, 0.2) is 0 Å². The molecule has 0 aromatic carbocycles. The molecule has 1 nitrogen and oxygen atoms in total. The van der Waals surface area contributed by atoms with Crippen molar-refractivity contribution in [3.05, 3.63) is 12.2 Å². The Morgan fingerprint density at radius 2 is 2.36 bits per heavy atom. The van der Waals surface area contributed by atoms with Crippen LogP contribution in [0.3, 0.4) is 0 Å². The van der Waals surface area contributed by atoms with E-state index in [2.05, 4.69) is 24.0 Å². The van der Waals surface area contributed by atoms with Gasteiger partial charge in [0.25, 0.3) is 0 Å². The maximum absolute atomic E-state index is 2.83. The van der Waals surface area contributed by atoms with Crippen LogP contribution in [-0.4, -0.2) is 23.5 Å². The molecule has 0 aromatic heterocycles. The Morgan fingerprint density at radius 3 is 3.21 bits per heavy atom. The van der Waals surface area contributed by atoms with Gasteiger partial charge in [0.05, 0.1) is 0 Å². The fraction of sp³-hybridized carbons (Fsp3) is 0.846. The van der Waals surface area contributed by atoms with Crippen molar-refractivity contribution < 1.29 is 0 Å². The number of fused-ring (bicyclic) bond motifs is 1. The van der Waals surface area contributed by atoms with Gasteiger partial charge in [0.1, 0.15) is 0 Å². The molecule has 3 heterocycles. The molecule has 0 amide bonds. The van der Waals surface area contributed by atoms with E-state index in [1.165, 1.54) is 32.2 Å². The molecule has 76 valence electrons. The van der Waals surface area contributed by atoms with E-state index >= 15 is 0 Å². The van der Waals surface area contributed by atoms with Crippen LogP contribution >= 0.6 is 0 Å². The van der Waals surface area contributed by atoms with Crippen molar-refractivity contribution in [2.45, 2.75) is 44.7 Å². The van der Waals surface area contributed by atoms with E-state index in [-0.39, 0.29) is 0 Å². The SMILES string of the molecule is C[C@@]12CCC[C@H]3[C@H]1[C@@H]1CC=C[C@H]3N1C2. The zero-order valence-corrected chi connectivity index (χ0v) is 8.95. The third-order valence-electron chi connectivity index (χ3n) is 5.47. The molecular formula is C13H19N. The Labute approximate surface area is 86.2 Å². The first-order valence-corrected chi connectivity index (χ1v) is 6.22. The van der Waals surface area contributed by atoms with Crippen molar-refractivity contribution in [2.75, 3.05) is 6.54 Å². The largest absolute Gasteiger partial charge is 0.293 e. The summed E-state index contributed by atoms with van der Waals surface area (Å²) in [5, 5.41) is 0. The molecule has 1 saturated carbocycles. The summed E-state index contributed by atoms with van der Waals surface area (Å²) in [7, 11) is 0. The first-order valence-electron chi connectivity index (χ1n) is 6.22. The molecule has 2 saturated heterocycles. The van der Waals surface area contributed by atoms with Crippen molar-refractivity contribution in [3.8, 4) is 0 Å². The third-order valence-corrected chi connectivity index (χ3v) is 5.47. The van der Waals surface area contributed by atoms with Gasteiger partial charge in [0, 0.05) is 18.6 Å². The summed E-state index contributed by atoms with van der Waals surface area (Å²) in [6.07, 6.45) is 10.8. The van der Waals surface area contributed by atoms with Crippen molar-refractivity contribution in [3.63, 3.8) is 0 Å². The second-order valence-corrected chi connectivity index (χ2v) is 6.13. The van der Waals surface area contributed by atoms with Gasteiger partial charge in [-0.1, -0.05) is 25.5 Å². The number of hydrogen-bond donors (Lipinski definition) is 0. The summed E-state index contributed by atoms with van der Waals surface area (Å²) in [6, 6.07) is 1.77. The molecule has 0 radical (unpaired) electrons. The highest BCUT2D eigenvalue weighted by atomic mass is 15.3. The van der Waals surface area contributed by atoms with Crippen LogP contribution in [0.15, 0.2) is 12.2 Å². The summed E-state index contributed by atoms with van der Waals surface area (Å²) in [4.78, 5) is 2.83. The highest BCUT2D eigenvalue weighted by Gasteiger charge is 2.63. The molecule has 14 heavy (non-hydrogen) atoms. The molecule has 0 spiro atoms. The van der Waals surface area contributed by atoms with Gasteiger partial charge >= 0.3 is 0 Å². The quantitative estimate of drug-likeness (QED) is 0.529. The van der Waals surface area contributed by atoms with Gasteiger partial charge in [-0.2, -0.15) is 0 Å². The normalized spacial score (nSPS) is 63.4.